The van der Waals surface area contributed by atoms with Gasteiger partial charge in [-0.25, -0.2) is 4.98 Å². The number of nitrogens with zero attached hydrogens (tertiary/aromatic N) is 1. The Hall–Kier alpha value is -3.13. The summed E-state index contributed by atoms with van der Waals surface area (Å²) < 4.78 is 5.49. The molecule has 2 aromatic heterocycles. The van der Waals surface area contributed by atoms with Gasteiger partial charge < -0.3 is 20.8 Å². The number of carbonyl (C=O) groups excluding carboxylic acids is 2. The van der Waals surface area contributed by atoms with Crippen LogP contribution in [0.4, 0.5) is 5.13 Å². The molecule has 0 radical (unpaired) electrons. The number of amides is 2. The van der Waals surface area contributed by atoms with E-state index in [0.717, 1.165) is 11.3 Å². The Balaban J connectivity index is 1.52. The van der Waals surface area contributed by atoms with E-state index in [-0.39, 0.29) is 18.9 Å². The molecule has 3 rings (SSSR count). The molecule has 0 aliphatic carbocycles. The number of thiazole rings is 1. The molecule has 0 fully saturated rings. The largest absolute Gasteiger partial charge is 0.493 e. The lowest BCUT2D eigenvalue weighted by molar-refractivity contribution is -0.116. The molecule has 8 heteroatoms. The SMILES string of the molecule is NC(=O)c1cc(-c2csc(NC(=O)CCOc3ccccc3)n2)c[nH]1. The third kappa shape index (κ3) is 4.45. The van der Waals surface area contributed by atoms with Crippen LogP contribution in [0.25, 0.3) is 11.3 Å². The molecule has 2 amide bonds. The highest BCUT2D eigenvalue weighted by molar-refractivity contribution is 7.14. The first-order chi connectivity index (χ1) is 12.1. The summed E-state index contributed by atoms with van der Waals surface area (Å²) in [6, 6.07) is 10.9. The van der Waals surface area contributed by atoms with Crippen LogP contribution in [-0.2, 0) is 4.79 Å². The number of benzene rings is 1. The van der Waals surface area contributed by atoms with Gasteiger partial charge in [0.05, 0.1) is 18.7 Å². The summed E-state index contributed by atoms with van der Waals surface area (Å²) in [7, 11) is 0. The predicted octanol–water partition coefficient (Wildman–Crippen LogP) is 2.64. The van der Waals surface area contributed by atoms with Gasteiger partial charge >= 0.3 is 0 Å². The summed E-state index contributed by atoms with van der Waals surface area (Å²) in [6.45, 7) is 0.286. The zero-order valence-corrected chi connectivity index (χ0v) is 14.0. The molecular weight excluding hydrogens is 340 g/mol. The molecule has 0 aliphatic heterocycles. The van der Waals surface area contributed by atoms with Gasteiger partial charge in [-0.15, -0.1) is 11.3 Å². The van der Waals surface area contributed by atoms with Crippen molar-refractivity contribution in [2.75, 3.05) is 11.9 Å². The fraction of sp³-hybridized carbons (Fsp3) is 0.118. The third-order valence-corrected chi connectivity index (χ3v) is 4.09. The number of rotatable bonds is 7. The van der Waals surface area contributed by atoms with Gasteiger partial charge in [0.15, 0.2) is 5.13 Å². The smallest absolute Gasteiger partial charge is 0.265 e. The number of aromatic amines is 1. The van der Waals surface area contributed by atoms with Crippen molar-refractivity contribution >= 4 is 28.3 Å². The van der Waals surface area contributed by atoms with Crippen LogP contribution in [0.15, 0.2) is 48.0 Å². The van der Waals surface area contributed by atoms with Crippen LogP contribution in [0.1, 0.15) is 16.9 Å². The number of hydrogen-bond donors (Lipinski definition) is 3. The number of primary amides is 1. The van der Waals surface area contributed by atoms with Crippen LogP contribution in [0, 0.1) is 0 Å². The van der Waals surface area contributed by atoms with Gasteiger partial charge in [-0.3, -0.25) is 9.59 Å². The minimum Gasteiger partial charge on any atom is -0.493 e. The number of para-hydroxylation sites is 1. The first-order valence-electron chi connectivity index (χ1n) is 7.53. The Bertz CT molecular complexity index is 873. The molecule has 128 valence electrons. The van der Waals surface area contributed by atoms with E-state index in [1.165, 1.54) is 11.3 Å². The molecule has 0 saturated carbocycles. The van der Waals surface area contributed by atoms with Crippen molar-refractivity contribution < 1.29 is 14.3 Å². The molecule has 0 atom stereocenters. The average Bonchev–Trinajstić information content (AvgIpc) is 3.25. The van der Waals surface area contributed by atoms with Crippen LogP contribution in [0.2, 0.25) is 0 Å². The molecule has 0 saturated heterocycles. The van der Waals surface area contributed by atoms with Crippen molar-refractivity contribution in [1.82, 2.24) is 9.97 Å². The van der Waals surface area contributed by atoms with Gasteiger partial charge in [0, 0.05) is 17.1 Å². The van der Waals surface area contributed by atoms with Gasteiger partial charge in [-0.1, -0.05) is 18.2 Å². The highest BCUT2D eigenvalue weighted by Crippen LogP contribution is 2.25. The van der Waals surface area contributed by atoms with Gasteiger partial charge in [0.1, 0.15) is 11.4 Å². The van der Waals surface area contributed by atoms with E-state index in [2.05, 4.69) is 15.3 Å². The second kappa shape index (κ2) is 7.63. The number of hydrogen-bond acceptors (Lipinski definition) is 5. The number of ether oxygens (including phenoxy) is 1. The molecule has 0 unspecified atom stereocenters. The van der Waals surface area contributed by atoms with E-state index in [4.69, 9.17) is 10.5 Å². The Kier molecular flexibility index (Phi) is 5.10. The van der Waals surface area contributed by atoms with E-state index in [9.17, 15) is 9.59 Å². The topological polar surface area (TPSA) is 110 Å². The fourth-order valence-electron chi connectivity index (χ4n) is 2.11. The maximum absolute atomic E-state index is 12.0. The normalized spacial score (nSPS) is 10.4. The molecule has 1 aromatic carbocycles. The molecule has 0 spiro atoms. The summed E-state index contributed by atoms with van der Waals surface area (Å²) in [5, 5.41) is 5.02. The second-order valence-corrected chi connectivity index (χ2v) is 6.02. The van der Waals surface area contributed by atoms with Crippen molar-refractivity contribution in [2.45, 2.75) is 6.42 Å². The number of carbonyl (C=O) groups is 2. The van der Waals surface area contributed by atoms with E-state index >= 15 is 0 Å². The summed E-state index contributed by atoms with van der Waals surface area (Å²) in [6.07, 6.45) is 1.87. The predicted molar refractivity (Wildman–Crippen MR) is 95.6 cm³/mol. The lowest BCUT2D eigenvalue weighted by Gasteiger charge is -2.05. The van der Waals surface area contributed by atoms with Crippen LogP contribution in [0.3, 0.4) is 0 Å². The van der Waals surface area contributed by atoms with Crippen molar-refractivity contribution in [3.05, 3.63) is 53.7 Å². The maximum atomic E-state index is 12.0. The van der Waals surface area contributed by atoms with Crippen molar-refractivity contribution in [3.63, 3.8) is 0 Å². The maximum Gasteiger partial charge on any atom is 0.265 e. The van der Waals surface area contributed by atoms with Gasteiger partial charge in [-0.2, -0.15) is 0 Å². The molecule has 0 aliphatic rings. The first-order valence-corrected chi connectivity index (χ1v) is 8.41. The van der Waals surface area contributed by atoms with Gasteiger partial charge in [-0.05, 0) is 18.2 Å². The molecule has 2 heterocycles. The number of aromatic nitrogens is 2. The molecular formula is C17H16N4O3S. The zero-order valence-electron chi connectivity index (χ0n) is 13.2. The average molecular weight is 356 g/mol. The van der Waals surface area contributed by atoms with E-state index in [1.807, 2.05) is 30.3 Å². The lowest BCUT2D eigenvalue weighted by atomic mass is 10.2. The quantitative estimate of drug-likeness (QED) is 0.604. The van der Waals surface area contributed by atoms with Gasteiger partial charge in [0.25, 0.3) is 5.91 Å². The van der Waals surface area contributed by atoms with Crippen LogP contribution in [0.5, 0.6) is 5.75 Å². The van der Waals surface area contributed by atoms with Crippen molar-refractivity contribution in [3.8, 4) is 17.0 Å². The minimum absolute atomic E-state index is 0.177. The van der Waals surface area contributed by atoms with Gasteiger partial charge in [0.2, 0.25) is 5.91 Å². The molecule has 3 aromatic rings. The highest BCUT2D eigenvalue weighted by atomic mass is 32.1. The minimum atomic E-state index is -0.534. The Morgan fingerprint density at radius 2 is 2.08 bits per heavy atom. The third-order valence-electron chi connectivity index (χ3n) is 3.34. The summed E-state index contributed by atoms with van der Waals surface area (Å²) in [5.41, 5.74) is 6.91. The molecule has 0 bridgehead atoms. The number of nitrogens with one attached hydrogen (secondary N) is 2. The van der Waals surface area contributed by atoms with E-state index in [0.29, 0.717) is 16.5 Å². The Morgan fingerprint density at radius 3 is 2.80 bits per heavy atom. The Morgan fingerprint density at radius 1 is 1.28 bits per heavy atom. The number of anilines is 1. The van der Waals surface area contributed by atoms with Crippen molar-refractivity contribution in [1.29, 1.82) is 0 Å². The summed E-state index contributed by atoms with van der Waals surface area (Å²) in [5.74, 6) is 0.0155. The Labute approximate surface area is 147 Å². The monoisotopic (exact) mass is 356 g/mol. The number of H-pyrrole nitrogens is 1. The second-order valence-electron chi connectivity index (χ2n) is 5.16. The van der Waals surface area contributed by atoms with Crippen LogP contribution < -0.4 is 15.8 Å². The molecule has 25 heavy (non-hydrogen) atoms. The zero-order chi connectivity index (χ0) is 17.6. The van der Waals surface area contributed by atoms with Crippen molar-refractivity contribution in [2.24, 2.45) is 5.73 Å². The first kappa shape index (κ1) is 16.7. The van der Waals surface area contributed by atoms with E-state index in [1.54, 1.807) is 17.6 Å². The fourth-order valence-corrected chi connectivity index (χ4v) is 2.84. The summed E-state index contributed by atoms with van der Waals surface area (Å²) in [4.78, 5) is 30.2. The lowest BCUT2D eigenvalue weighted by Crippen LogP contribution is -2.15. The summed E-state index contributed by atoms with van der Waals surface area (Å²) >= 11 is 1.31. The molecule has 4 N–H and O–H groups in total. The molecule has 7 nitrogen and oxygen atoms in total. The van der Waals surface area contributed by atoms with Crippen LogP contribution >= 0.6 is 11.3 Å². The van der Waals surface area contributed by atoms with E-state index < -0.39 is 5.91 Å². The highest BCUT2D eigenvalue weighted by Gasteiger charge is 2.11. The van der Waals surface area contributed by atoms with Crippen LogP contribution in [-0.4, -0.2) is 28.4 Å². The number of nitrogens with two attached hydrogens (primary N) is 1. The standard InChI is InChI=1S/C17H16N4O3S/c18-16(23)13-8-11(9-19-13)14-10-25-17(20-14)21-15(22)6-7-24-12-4-2-1-3-5-12/h1-5,8-10,19H,6-7H2,(H2,18,23)(H,20,21,22).